The standard InChI is InChI=1S/C28H34N2O2/c1-21(2)20-30-16-13-26(14-17-30)32-27-11-10-23-18-25(9-8-24(23)19-27)28(31)29-15-12-22-6-4-3-5-7-22/h3-11,18-19,21,26H,12-17,20H2,1-2H3,(H,29,31). The van der Waals surface area contributed by atoms with Gasteiger partial charge in [0.25, 0.3) is 5.91 Å². The molecule has 0 aromatic heterocycles. The van der Waals surface area contributed by atoms with Crippen LogP contribution in [0, 0.1) is 5.92 Å². The SMILES string of the molecule is CC(C)CN1CCC(Oc2ccc3cc(C(=O)NCCc4ccccc4)ccc3c2)CC1. The Labute approximate surface area is 191 Å². The highest BCUT2D eigenvalue weighted by molar-refractivity contribution is 5.98. The van der Waals surface area contributed by atoms with E-state index < -0.39 is 0 Å². The van der Waals surface area contributed by atoms with Crippen molar-refractivity contribution in [2.45, 2.75) is 39.2 Å². The second-order valence-electron chi connectivity index (χ2n) is 9.23. The molecule has 3 aromatic rings. The highest BCUT2D eigenvalue weighted by Gasteiger charge is 2.21. The number of hydrogen-bond acceptors (Lipinski definition) is 3. The van der Waals surface area contributed by atoms with Crippen LogP contribution in [0.25, 0.3) is 10.8 Å². The highest BCUT2D eigenvalue weighted by Crippen LogP contribution is 2.25. The van der Waals surface area contributed by atoms with Crippen LogP contribution in [-0.2, 0) is 6.42 Å². The number of ether oxygens (including phenoxy) is 1. The molecule has 1 N–H and O–H groups in total. The fourth-order valence-corrected chi connectivity index (χ4v) is 4.42. The van der Waals surface area contributed by atoms with Crippen molar-refractivity contribution >= 4 is 16.7 Å². The van der Waals surface area contributed by atoms with Crippen LogP contribution in [0.1, 0.15) is 42.6 Å². The van der Waals surface area contributed by atoms with Gasteiger partial charge in [0.2, 0.25) is 0 Å². The average Bonchev–Trinajstić information content (AvgIpc) is 2.80. The predicted molar refractivity (Wildman–Crippen MR) is 131 cm³/mol. The van der Waals surface area contributed by atoms with Gasteiger partial charge >= 0.3 is 0 Å². The molecule has 1 aliphatic rings. The zero-order valence-corrected chi connectivity index (χ0v) is 19.2. The summed E-state index contributed by atoms with van der Waals surface area (Å²) in [5, 5.41) is 5.18. The van der Waals surface area contributed by atoms with Crippen LogP contribution in [0.3, 0.4) is 0 Å². The second-order valence-corrected chi connectivity index (χ2v) is 9.23. The second kappa shape index (κ2) is 10.6. The summed E-state index contributed by atoms with van der Waals surface area (Å²) in [6, 6.07) is 22.3. The first-order valence-corrected chi connectivity index (χ1v) is 11.8. The summed E-state index contributed by atoms with van der Waals surface area (Å²) in [6.07, 6.45) is 3.27. The lowest BCUT2D eigenvalue weighted by Gasteiger charge is -2.33. The Balaban J connectivity index is 1.31. The van der Waals surface area contributed by atoms with Gasteiger partial charge in [-0.1, -0.05) is 56.3 Å². The summed E-state index contributed by atoms with van der Waals surface area (Å²) in [5.74, 6) is 1.60. The zero-order chi connectivity index (χ0) is 22.3. The Morgan fingerprint density at radius 1 is 1.00 bits per heavy atom. The predicted octanol–water partition coefficient (Wildman–Crippen LogP) is 5.31. The number of amides is 1. The van der Waals surface area contributed by atoms with Gasteiger partial charge in [-0.25, -0.2) is 0 Å². The average molecular weight is 431 g/mol. The minimum Gasteiger partial charge on any atom is -0.490 e. The molecule has 1 saturated heterocycles. The maximum Gasteiger partial charge on any atom is 0.251 e. The van der Waals surface area contributed by atoms with Crippen molar-refractivity contribution in [2.75, 3.05) is 26.2 Å². The van der Waals surface area contributed by atoms with Crippen LogP contribution in [0.4, 0.5) is 0 Å². The third kappa shape index (κ3) is 6.10. The van der Waals surface area contributed by atoms with Crippen molar-refractivity contribution in [2.24, 2.45) is 5.92 Å². The summed E-state index contributed by atoms with van der Waals surface area (Å²) in [6.45, 7) is 8.57. The van der Waals surface area contributed by atoms with Gasteiger partial charge in [0.1, 0.15) is 11.9 Å². The number of fused-ring (bicyclic) bond motifs is 1. The zero-order valence-electron chi connectivity index (χ0n) is 19.2. The maximum atomic E-state index is 12.6. The molecule has 0 saturated carbocycles. The summed E-state index contributed by atoms with van der Waals surface area (Å²) < 4.78 is 6.28. The molecule has 4 rings (SSSR count). The van der Waals surface area contributed by atoms with Gasteiger partial charge in [0.05, 0.1) is 0 Å². The first-order chi connectivity index (χ1) is 15.6. The smallest absolute Gasteiger partial charge is 0.251 e. The third-order valence-electron chi connectivity index (χ3n) is 6.08. The monoisotopic (exact) mass is 430 g/mol. The van der Waals surface area contributed by atoms with E-state index >= 15 is 0 Å². The molecule has 1 amide bonds. The molecule has 3 aromatic carbocycles. The molecular weight excluding hydrogens is 396 g/mol. The van der Waals surface area contributed by atoms with Crippen molar-refractivity contribution in [1.82, 2.24) is 10.2 Å². The van der Waals surface area contributed by atoms with E-state index in [-0.39, 0.29) is 12.0 Å². The number of hydrogen-bond donors (Lipinski definition) is 1. The maximum absolute atomic E-state index is 12.6. The van der Waals surface area contributed by atoms with Crippen molar-refractivity contribution in [3.05, 3.63) is 77.9 Å². The van der Waals surface area contributed by atoms with E-state index in [2.05, 4.69) is 48.3 Å². The molecule has 4 heteroatoms. The van der Waals surface area contributed by atoms with Crippen molar-refractivity contribution in [3.63, 3.8) is 0 Å². The highest BCUT2D eigenvalue weighted by atomic mass is 16.5. The lowest BCUT2D eigenvalue weighted by Crippen LogP contribution is -2.39. The van der Waals surface area contributed by atoms with Gasteiger partial charge in [0.15, 0.2) is 0 Å². The normalized spacial score (nSPS) is 15.2. The van der Waals surface area contributed by atoms with E-state index in [4.69, 9.17) is 4.74 Å². The quantitative estimate of drug-likeness (QED) is 0.526. The van der Waals surface area contributed by atoms with E-state index in [9.17, 15) is 4.79 Å². The Kier molecular flexibility index (Phi) is 7.43. The van der Waals surface area contributed by atoms with Crippen molar-refractivity contribution < 1.29 is 9.53 Å². The Morgan fingerprint density at radius 3 is 2.47 bits per heavy atom. The molecule has 1 fully saturated rings. The number of nitrogens with zero attached hydrogens (tertiary/aromatic N) is 1. The number of rotatable bonds is 8. The van der Waals surface area contributed by atoms with Gasteiger partial charge in [-0.15, -0.1) is 0 Å². The summed E-state index contributed by atoms with van der Waals surface area (Å²) in [5.41, 5.74) is 1.92. The van der Waals surface area contributed by atoms with E-state index in [1.54, 1.807) is 0 Å². The van der Waals surface area contributed by atoms with Crippen LogP contribution < -0.4 is 10.1 Å². The third-order valence-corrected chi connectivity index (χ3v) is 6.08. The summed E-state index contributed by atoms with van der Waals surface area (Å²) in [7, 11) is 0. The Hall–Kier alpha value is -2.85. The van der Waals surface area contributed by atoms with Gasteiger partial charge in [0, 0.05) is 31.7 Å². The molecule has 4 nitrogen and oxygen atoms in total. The Morgan fingerprint density at radius 2 is 1.72 bits per heavy atom. The van der Waals surface area contributed by atoms with Crippen LogP contribution in [-0.4, -0.2) is 43.1 Å². The summed E-state index contributed by atoms with van der Waals surface area (Å²) in [4.78, 5) is 15.1. The first kappa shape index (κ1) is 22.3. The van der Waals surface area contributed by atoms with Crippen LogP contribution >= 0.6 is 0 Å². The molecule has 0 atom stereocenters. The first-order valence-electron chi connectivity index (χ1n) is 11.8. The Bertz CT molecular complexity index is 1020. The molecular formula is C28H34N2O2. The minimum atomic E-state index is -0.0312. The molecule has 0 aliphatic carbocycles. The molecule has 168 valence electrons. The number of carbonyl (C=O) groups is 1. The van der Waals surface area contributed by atoms with E-state index in [0.29, 0.717) is 18.0 Å². The fraction of sp³-hybridized carbons (Fsp3) is 0.393. The minimum absolute atomic E-state index is 0.0312. The van der Waals surface area contributed by atoms with Crippen molar-refractivity contribution in [1.29, 1.82) is 0 Å². The molecule has 0 unspecified atom stereocenters. The molecule has 1 heterocycles. The number of nitrogens with one attached hydrogen (secondary N) is 1. The van der Waals surface area contributed by atoms with E-state index in [1.165, 1.54) is 12.1 Å². The topological polar surface area (TPSA) is 41.6 Å². The van der Waals surface area contributed by atoms with E-state index in [0.717, 1.165) is 48.9 Å². The molecule has 0 bridgehead atoms. The molecule has 1 aliphatic heterocycles. The lowest BCUT2D eigenvalue weighted by atomic mass is 10.0. The number of piperidine rings is 1. The van der Waals surface area contributed by atoms with Crippen LogP contribution in [0.5, 0.6) is 5.75 Å². The molecule has 0 radical (unpaired) electrons. The number of likely N-dealkylation sites (tertiary alicyclic amines) is 1. The molecule has 32 heavy (non-hydrogen) atoms. The number of benzene rings is 3. The molecule has 0 spiro atoms. The van der Waals surface area contributed by atoms with Crippen LogP contribution in [0.15, 0.2) is 66.7 Å². The van der Waals surface area contributed by atoms with E-state index in [1.807, 2.05) is 42.5 Å². The summed E-state index contributed by atoms with van der Waals surface area (Å²) >= 11 is 0. The van der Waals surface area contributed by atoms with Gasteiger partial charge in [-0.05, 0) is 65.8 Å². The van der Waals surface area contributed by atoms with Gasteiger partial charge in [-0.3, -0.25) is 4.79 Å². The van der Waals surface area contributed by atoms with Crippen LogP contribution in [0.2, 0.25) is 0 Å². The fourth-order valence-electron chi connectivity index (χ4n) is 4.42. The van der Waals surface area contributed by atoms with Crippen molar-refractivity contribution in [3.8, 4) is 5.75 Å². The van der Waals surface area contributed by atoms with Gasteiger partial charge < -0.3 is 15.0 Å². The lowest BCUT2D eigenvalue weighted by molar-refractivity contribution is 0.0942. The van der Waals surface area contributed by atoms with Gasteiger partial charge in [-0.2, -0.15) is 0 Å². The number of carbonyl (C=O) groups excluding carboxylic acids is 1. The largest absolute Gasteiger partial charge is 0.490 e.